The first-order valence-electron chi connectivity index (χ1n) is 8.36. The fourth-order valence-electron chi connectivity index (χ4n) is 2.77. The third kappa shape index (κ3) is 4.83. The van der Waals surface area contributed by atoms with Crippen LogP contribution < -0.4 is 0 Å². The fourth-order valence-corrected chi connectivity index (χ4v) is 5.15. The number of hydrogen-bond acceptors (Lipinski definition) is 6. The minimum atomic E-state index is -1.08. The molecule has 3 rings (SSSR count). The maximum absolute atomic E-state index is 12.8. The van der Waals surface area contributed by atoms with Gasteiger partial charge in [0.2, 0.25) is 0 Å². The van der Waals surface area contributed by atoms with Gasteiger partial charge in [0.25, 0.3) is 5.91 Å². The van der Waals surface area contributed by atoms with E-state index in [0.717, 1.165) is 11.8 Å². The fraction of sp³-hybridized carbons (Fsp3) is 0.211. The van der Waals surface area contributed by atoms with Crippen LogP contribution in [0.4, 0.5) is 0 Å². The largest absolute Gasteiger partial charge is 0.480 e. The summed E-state index contributed by atoms with van der Waals surface area (Å²) in [5.74, 6) is -0.0432. The van der Waals surface area contributed by atoms with Gasteiger partial charge in [-0.1, -0.05) is 53.2 Å². The number of aliphatic carboxylic acids is 1. The van der Waals surface area contributed by atoms with Gasteiger partial charge in [-0.05, 0) is 42.7 Å². The number of thiocarbonyl (C=S) groups is 1. The van der Waals surface area contributed by atoms with Crippen molar-refractivity contribution in [3.8, 4) is 11.3 Å². The Morgan fingerprint density at radius 2 is 2.03 bits per heavy atom. The Hall–Kier alpha value is -1.45. The van der Waals surface area contributed by atoms with Gasteiger partial charge in [0.1, 0.15) is 21.9 Å². The lowest BCUT2D eigenvalue weighted by molar-refractivity contribution is -0.145. The highest BCUT2D eigenvalue weighted by Crippen LogP contribution is 2.38. The first kappa shape index (κ1) is 22.2. The van der Waals surface area contributed by atoms with Crippen molar-refractivity contribution in [1.82, 2.24) is 4.90 Å². The molecule has 0 saturated carbocycles. The van der Waals surface area contributed by atoms with Crippen LogP contribution >= 0.6 is 58.9 Å². The Labute approximate surface area is 191 Å². The van der Waals surface area contributed by atoms with E-state index in [9.17, 15) is 14.7 Å². The minimum Gasteiger partial charge on any atom is -0.480 e. The molecule has 29 heavy (non-hydrogen) atoms. The molecule has 0 aliphatic carbocycles. The van der Waals surface area contributed by atoms with Crippen LogP contribution in [-0.4, -0.2) is 44.3 Å². The summed E-state index contributed by atoms with van der Waals surface area (Å²) in [6, 6.07) is 7.55. The van der Waals surface area contributed by atoms with Crippen LogP contribution in [0.3, 0.4) is 0 Å². The highest BCUT2D eigenvalue weighted by Gasteiger charge is 2.40. The molecule has 1 aliphatic rings. The molecule has 0 bridgehead atoms. The lowest BCUT2D eigenvalue weighted by Gasteiger charge is -2.22. The number of carbonyl (C=O) groups is 2. The molecule has 1 fully saturated rings. The van der Waals surface area contributed by atoms with E-state index >= 15 is 0 Å². The summed E-state index contributed by atoms with van der Waals surface area (Å²) in [5.41, 5.74) is 0.561. The van der Waals surface area contributed by atoms with Crippen LogP contribution in [0, 0.1) is 0 Å². The second kappa shape index (κ2) is 9.57. The summed E-state index contributed by atoms with van der Waals surface area (Å²) in [5, 5.41) is 10.4. The maximum atomic E-state index is 12.8. The molecule has 1 aromatic carbocycles. The average Bonchev–Trinajstić information content (AvgIpc) is 3.21. The smallest absolute Gasteiger partial charge is 0.326 e. The molecule has 1 N–H and O–H groups in total. The van der Waals surface area contributed by atoms with Crippen molar-refractivity contribution in [1.29, 1.82) is 0 Å². The van der Waals surface area contributed by atoms with Crippen LogP contribution in [0.2, 0.25) is 10.0 Å². The van der Waals surface area contributed by atoms with Crippen LogP contribution in [0.25, 0.3) is 17.4 Å². The number of furan rings is 1. The molecule has 1 aliphatic heterocycles. The molecule has 0 radical (unpaired) electrons. The second-order valence-electron chi connectivity index (χ2n) is 5.99. The standard InChI is InChI=1S/C19H15Cl2NO4S3/c1-28-8-7-13(18(24)25)22-17(23)15(29-19(22)27)9-10-5-6-14(26-10)16-11(20)3-2-4-12(16)21/h2-6,9,13H,7-8H2,1H3,(H,24,25)/b15-9-. The van der Waals surface area contributed by atoms with Crippen LogP contribution in [0.5, 0.6) is 0 Å². The van der Waals surface area contributed by atoms with E-state index in [1.807, 2.05) is 6.26 Å². The van der Waals surface area contributed by atoms with Crippen molar-refractivity contribution in [3.63, 3.8) is 0 Å². The number of halogens is 2. The van der Waals surface area contributed by atoms with E-state index in [-0.39, 0.29) is 4.32 Å². The van der Waals surface area contributed by atoms with Gasteiger partial charge in [0, 0.05) is 6.08 Å². The van der Waals surface area contributed by atoms with Gasteiger partial charge >= 0.3 is 5.97 Å². The number of amides is 1. The summed E-state index contributed by atoms with van der Waals surface area (Å²) in [4.78, 5) is 25.9. The molecule has 1 aromatic heterocycles. The molecule has 5 nitrogen and oxygen atoms in total. The Kier molecular flexibility index (Phi) is 7.34. The molecular formula is C19H15Cl2NO4S3. The lowest BCUT2D eigenvalue weighted by atomic mass is 10.2. The normalized spacial score (nSPS) is 16.7. The van der Waals surface area contributed by atoms with E-state index in [2.05, 4.69) is 0 Å². The van der Waals surface area contributed by atoms with Crippen LogP contribution in [0.1, 0.15) is 12.2 Å². The molecule has 2 heterocycles. The van der Waals surface area contributed by atoms with Gasteiger partial charge in [-0.25, -0.2) is 4.79 Å². The molecule has 0 spiro atoms. The van der Waals surface area contributed by atoms with Gasteiger partial charge in [-0.2, -0.15) is 11.8 Å². The number of rotatable bonds is 7. The number of thioether (sulfide) groups is 2. The van der Waals surface area contributed by atoms with Crippen molar-refractivity contribution in [2.75, 3.05) is 12.0 Å². The number of carboxylic acids is 1. The molecule has 1 atom stereocenters. The molecule has 2 aromatic rings. The Balaban J connectivity index is 1.87. The first-order chi connectivity index (χ1) is 13.8. The summed E-state index contributed by atoms with van der Waals surface area (Å²) in [6.45, 7) is 0. The van der Waals surface area contributed by atoms with Crippen molar-refractivity contribution in [2.24, 2.45) is 0 Å². The van der Waals surface area contributed by atoms with Crippen molar-refractivity contribution < 1.29 is 19.1 Å². The topological polar surface area (TPSA) is 70.8 Å². The van der Waals surface area contributed by atoms with E-state index in [4.69, 9.17) is 39.8 Å². The van der Waals surface area contributed by atoms with Gasteiger partial charge in [0.15, 0.2) is 0 Å². The van der Waals surface area contributed by atoms with Gasteiger partial charge < -0.3 is 9.52 Å². The lowest BCUT2D eigenvalue weighted by Crippen LogP contribution is -2.44. The van der Waals surface area contributed by atoms with Crippen molar-refractivity contribution in [2.45, 2.75) is 12.5 Å². The predicted octanol–water partition coefficient (Wildman–Crippen LogP) is 5.66. The van der Waals surface area contributed by atoms with Gasteiger partial charge in [0.05, 0.1) is 20.5 Å². The second-order valence-corrected chi connectivity index (χ2v) is 9.46. The van der Waals surface area contributed by atoms with E-state index in [1.165, 1.54) is 16.7 Å². The number of nitrogens with zero attached hydrogens (tertiary/aromatic N) is 1. The highest BCUT2D eigenvalue weighted by molar-refractivity contribution is 8.26. The highest BCUT2D eigenvalue weighted by atomic mass is 35.5. The van der Waals surface area contributed by atoms with Crippen LogP contribution in [0.15, 0.2) is 39.7 Å². The predicted molar refractivity (Wildman–Crippen MR) is 124 cm³/mol. The Bertz CT molecular complexity index is 985. The molecular weight excluding hydrogens is 473 g/mol. The number of benzene rings is 1. The minimum absolute atomic E-state index is 0.218. The maximum Gasteiger partial charge on any atom is 0.326 e. The zero-order valence-corrected chi connectivity index (χ0v) is 19.0. The van der Waals surface area contributed by atoms with E-state index in [1.54, 1.807) is 36.4 Å². The van der Waals surface area contributed by atoms with E-state index < -0.39 is 17.9 Å². The third-order valence-corrected chi connectivity index (χ3v) is 6.73. The molecule has 152 valence electrons. The Morgan fingerprint density at radius 3 is 2.66 bits per heavy atom. The monoisotopic (exact) mass is 487 g/mol. The quantitative estimate of drug-likeness (QED) is 0.398. The number of hydrogen-bond donors (Lipinski definition) is 1. The third-order valence-electron chi connectivity index (χ3n) is 4.12. The number of carbonyl (C=O) groups excluding carboxylic acids is 1. The number of carboxylic acid groups (broad SMARTS) is 1. The zero-order chi connectivity index (χ0) is 21.1. The van der Waals surface area contributed by atoms with Crippen molar-refractivity contribution in [3.05, 3.63) is 51.0 Å². The first-order valence-corrected chi connectivity index (χ1v) is 11.7. The Morgan fingerprint density at radius 1 is 1.34 bits per heavy atom. The molecule has 10 heteroatoms. The van der Waals surface area contributed by atoms with E-state index in [0.29, 0.717) is 44.2 Å². The van der Waals surface area contributed by atoms with Gasteiger partial charge in [-0.15, -0.1) is 0 Å². The molecule has 1 saturated heterocycles. The summed E-state index contributed by atoms with van der Waals surface area (Å²) in [7, 11) is 0. The summed E-state index contributed by atoms with van der Waals surface area (Å²) >= 11 is 20.3. The molecule has 1 amide bonds. The van der Waals surface area contributed by atoms with Gasteiger partial charge in [-0.3, -0.25) is 9.69 Å². The zero-order valence-electron chi connectivity index (χ0n) is 15.1. The average molecular weight is 488 g/mol. The molecule has 1 unspecified atom stereocenters. The van der Waals surface area contributed by atoms with Crippen molar-refractivity contribution >= 4 is 81.2 Å². The summed E-state index contributed by atoms with van der Waals surface area (Å²) in [6.07, 6.45) is 3.73. The SMILES string of the molecule is CSCCC(C(=O)O)N1C(=O)/C(=C/c2ccc(-c3c(Cl)cccc3Cl)o2)SC1=S. The summed E-state index contributed by atoms with van der Waals surface area (Å²) < 4.78 is 6.01. The van der Waals surface area contributed by atoms with Crippen LogP contribution in [-0.2, 0) is 9.59 Å².